The summed E-state index contributed by atoms with van der Waals surface area (Å²) in [5.41, 5.74) is 1.86. The van der Waals surface area contributed by atoms with E-state index in [4.69, 9.17) is 4.74 Å². The van der Waals surface area contributed by atoms with E-state index in [0.717, 1.165) is 17.1 Å². The number of rotatable bonds is 6. The standard InChI is InChI=1S/C18H21N5OS/c1-11(2)14-6-5-9-19-16(14)21-18-22-17(23-25-18)15-8-7-13(10-20-15)24-12(3)4/h5-12H,1-4H3,(H,19,21,22,23). The van der Waals surface area contributed by atoms with Crippen molar-refractivity contribution in [1.82, 2.24) is 19.3 Å². The molecule has 0 aliphatic rings. The number of hydrogen-bond acceptors (Lipinski definition) is 7. The van der Waals surface area contributed by atoms with Crippen LogP contribution in [0.2, 0.25) is 0 Å². The molecular weight excluding hydrogens is 334 g/mol. The molecule has 0 fully saturated rings. The summed E-state index contributed by atoms with van der Waals surface area (Å²) >= 11 is 1.29. The number of hydrogen-bond donors (Lipinski definition) is 1. The van der Waals surface area contributed by atoms with Crippen LogP contribution in [-0.4, -0.2) is 25.4 Å². The van der Waals surface area contributed by atoms with Crippen molar-refractivity contribution < 1.29 is 4.74 Å². The summed E-state index contributed by atoms with van der Waals surface area (Å²) < 4.78 is 9.99. The lowest BCUT2D eigenvalue weighted by Crippen LogP contribution is -2.05. The lowest BCUT2D eigenvalue weighted by atomic mass is 10.0. The van der Waals surface area contributed by atoms with Crippen molar-refractivity contribution in [3.63, 3.8) is 0 Å². The molecule has 0 unspecified atom stereocenters. The second-order valence-corrected chi connectivity index (χ2v) is 6.94. The fourth-order valence-corrected chi connectivity index (χ4v) is 2.90. The maximum absolute atomic E-state index is 5.60. The van der Waals surface area contributed by atoms with Crippen LogP contribution < -0.4 is 10.1 Å². The van der Waals surface area contributed by atoms with Gasteiger partial charge in [-0.3, -0.25) is 0 Å². The zero-order chi connectivity index (χ0) is 17.8. The van der Waals surface area contributed by atoms with Crippen molar-refractivity contribution in [3.05, 3.63) is 42.2 Å². The van der Waals surface area contributed by atoms with Gasteiger partial charge >= 0.3 is 0 Å². The highest BCUT2D eigenvalue weighted by molar-refractivity contribution is 7.09. The summed E-state index contributed by atoms with van der Waals surface area (Å²) in [4.78, 5) is 13.3. The van der Waals surface area contributed by atoms with E-state index in [2.05, 4.69) is 44.6 Å². The highest BCUT2D eigenvalue weighted by Crippen LogP contribution is 2.27. The first-order valence-corrected chi connectivity index (χ1v) is 8.99. The maximum Gasteiger partial charge on any atom is 0.208 e. The van der Waals surface area contributed by atoms with E-state index in [1.807, 2.05) is 32.0 Å². The predicted octanol–water partition coefficient (Wildman–Crippen LogP) is 4.65. The number of pyridine rings is 2. The van der Waals surface area contributed by atoms with Gasteiger partial charge in [-0.25, -0.2) is 9.97 Å². The molecule has 1 N–H and O–H groups in total. The molecule has 0 aliphatic carbocycles. The minimum absolute atomic E-state index is 0.120. The summed E-state index contributed by atoms with van der Waals surface area (Å²) in [6.07, 6.45) is 3.58. The Morgan fingerprint density at radius 3 is 2.60 bits per heavy atom. The van der Waals surface area contributed by atoms with Gasteiger partial charge in [0, 0.05) is 17.7 Å². The molecule has 0 atom stereocenters. The van der Waals surface area contributed by atoms with Gasteiger partial charge in [0.2, 0.25) is 5.13 Å². The van der Waals surface area contributed by atoms with Crippen molar-refractivity contribution >= 4 is 22.5 Å². The minimum atomic E-state index is 0.120. The fraction of sp³-hybridized carbons (Fsp3) is 0.333. The molecule has 6 nitrogen and oxygen atoms in total. The van der Waals surface area contributed by atoms with Crippen molar-refractivity contribution in [2.24, 2.45) is 0 Å². The Bertz CT molecular complexity index is 829. The maximum atomic E-state index is 5.60. The number of nitrogens with one attached hydrogen (secondary N) is 1. The molecule has 0 saturated carbocycles. The van der Waals surface area contributed by atoms with Gasteiger partial charge in [0.15, 0.2) is 5.82 Å². The lowest BCUT2D eigenvalue weighted by Gasteiger charge is -2.10. The smallest absolute Gasteiger partial charge is 0.208 e. The van der Waals surface area contributed by atoms with Crippen LogP contribution in [0.3, 0.4) is 0 Å². The summed E-state index contributed by atoms with van der Waals surface area (Å²) in [6.45, 7) is 8.24. The SMILES string of the molecule is CC(C)Oc1ccc(-c2nsc(Nc3ncccc3C(C)C)n2)nc1. The van der Waals surface area contributed by atoms with Crippen LogP contribution in [0.25, 0.3) is 11.5 Å². The van der Waals surface area contributed by atoms with Gasteiger partial charge < -0.3 is 10.1 Å². The Balaban J connectivity index is 1.77. The molecule has 3 aromatic heterocycles. The van der Waals surface area contributed by atoms with Crippen LogP contribution in [-0.2, 0) is 0 Å². The van der Waals surface area contributed by atoms with E-state index in [9.17, 15) is 0 Å². The second-order valence-electron chi connectivity index (χ2n) is 6.19. The molecule has 130 valence electrons. The third kappa shape index (κ3) is 4.30. The number of aromatic nitrogens is 4. The molecule has 0 radical (unpaired) electrons. The largest absolute Gasteiger partial charge is 0.489 e. The van der Waals surface area contributed by atoms with Gasteiger partial charge in [-0.05, 0) is 43.5 Å². The molecular formula is C18H21N5OS. The topological polar surface area (TPSA) is 72.8 Å². The Hall–Kier alpha value is -2.54. The third-order valence-corrected chi connectivity index (χ3v) is 4.08. The van der Waals surface area contributed by atoms with Crippen LogP contribution in [0, 0.1) is 0 Å². The summed E-state index contributed by atoms with van der Waals surface area (Å²) in [5.74, 6) is 2.51. The first-order valence-electron chi connectivity index (χ1n) is 8.21. The normalized spacial score (nSPS) is 11.1. The highest BCUT2D eigenvalue weighted by Gasteiger charge is 2.12. The van der Waals surface area contributed by atoms with Crippen LogP contribution in [0.4, 0.5) is 10.9 Å². The number of anilines is 2. The van der Waals surface area contributed by atoms with Crippen LogP contribution >= 0.6 is 11.5 Å². The Morgan fingerprint density at radius 1 is 1.08 bits per heavy atom. The zero-order valence-electron chi connectivity index (χ0n) is 14.7. The van der Waals surface area contributed by atoms with Gasteiger partial charge in [-0.2, -0.15) is 9.36 Å². The zero-order valence-corrected chi connectivity index (χ0v) is 15.5. The van der Waals surface area contributed by atoms with E-state index in [1.54, 1.807) is 12.4 Å². The van der Waals surface area contributed by atoms with E-state index in [0.29, 0.717) is 22.6 Å². The van der Waals surface area contributed by atoms with Gasteiger partial charge in [-0.1, -0.05) is 19.9 Å². The Kier molecular flexibility index (Phi) is 5.23. The van der Waals surface area contributed by atoms with Crippen LogP contribution in [0.5, 0.6) is 5.75 Å². The van der Waals surface area contributed by atoms with Gasteiger partial charge in [0.05, 0.1) is 12.3 Å². The molecule has 3 heterocycles. The second kappa shape index (κ2) is 7.57. The molecule has 7 heteroatoms. The van der Waals surface area contributed by atoms with Crippen molar-refractivity contribution in [3.8, 4) is 17.3 Å². The first kappa shape index (κ1) is 17.3. The van der Waals surface area contributed by atoms with Gasteiger partial charge in [0.25, 0.3) is 0 Å². The monoisotopic (exact) mass is 355 g/mol. The van der Waals surface area contributed by atoms with Crippen LogP contribution in [0.15, 0.2) is 36.7 Å². The Labute approximate surface area is 151 Å². The average molecular weight is 355 g/mol. The molecule has 0 spiro atoms. The number of ether oxygens (including phenoxy) is 1. The summed E-state index contributed by atoms with van der Waals surface area (Å²) in [5, 5.41) is 3.96. The molecule has 0 aromatic carbocycles. The average Bonchev–Trinajstić information content (AvgIpc) is 3.04. The third-order valence-electron chi connectivity index (χ3n) is 3.45. The van der Waals surface area contributed by atoms with E-state index < -0.39 is 0 Å². The number of nitrogens with zero attached hydrogens (tertiary/aromatic N) is 4. The molecule has 0 bridgehead atoms. The summed E-state index contributed by atoms with van der Waals surface area (Å²) in [7, 11) is 0. The quantitative estimate of drug-likeness (QED) is 0.694. The molecule has 0 saturated heterocycles. The molecule has 3 rings (SSSR count). The molecule has 3 aromatic rings. The molecule has 25 heavy (non-hydrogen) atoms. The van der Waals surface area contributed by atoms with Crippen molar-refractivity contribution in [2.75, 3.05) is 5.32 Å². The summed E-state index contributed by atoms with van der Waals surface area (Å²) in [6, 6.07) is 7.75. The van der Waals surface area contributed by atoms with Crippen LogP contribution in [0.1, 0.15) is 39.2 Å². The van der Waals surface area contributed by atoms with E-state index in [-0.39, 0.29) is 6.10 Å². The Morgan fingerprint density at radius 2 is 1.92 bits per heavy atom. The van der Waals surface area contributed by atoms with Gasteiger partial charge in [0.1, 0.15) is 17.3 Å². The fourth-order valence-electron chi connectivity index (χ4n) is 2.32. The van der Waals surface area contributed by atoms with E-state index >= 15 is 0 Å². The van der Waals surface area contributed by atoms with Crippen molar-refractivity contribution in [1.29, 1.82) is 0 Å². The highest BCUT2D eigenvalue weighted by atomic mass is 32.1. The predicted molar refractivity (Wildman–Crippen MR) is 101 cm³/mol. The van der Waals surface area contributed by atoms with Crippen molar-refractivity contribution in [2.45, 2.75) is 39.7 Å². The lowest BCUT2D eigenvalue weighted by molar-refractivity contribution is 0.241. The molecule has 0 amide bonds. The molecule has 0 aliphatic heterocycles. The van der Waals surface area contributed by atoms with Gasteiger partial charge in [-0.15, -0.1) is 0 Å². The minimum Gasteiger partial charge on any atom is -0.489 e. The first-order chi connectivity index (χ1) is 12.0. The van der Waals surface area contributed by atoms with E-state index in [1.165, 1.54) is 11.5 Å².